The van der Waals surface area contributed by atoms with Crippen LogP contribution in [-0.2, 0) is 25.0 Å². The lowest BCUT2D eigenvalue weighted by atomic mass is 10.1. The average Bonchev–Trinajstić information content (AvgIpc) is 2.92. The lowest BCUT2D eigenvalue weighted by Gasteiger charge is -2.20. The van der Waals surface area contributed by atoms with Gasteiger partial charge in [0, 0.05) is 44.6 Å². The molecule has 0 aliphatic carbocycles. The molecule has 38 heavy (non-hydrogen) atoms. The number of thioether (sulfide) groups is 1. The van der Waals surface area contributed by atoms with Gasteiger partial charge in [0.25, 0.3) is 5.91 Å². The van der Waals surface area contributed by atoms with Crippen LogP contribution in [0.5, 0.6) is 0 Å². The fourth-order valence-electron chi connectivity index (χ4n) is 3.80. The first kappa shape index (κ1) is 27.2. The average molecular weight is 537 g/mol. The van der Waals surface area contributed by atoms with Crippen LogP contribution in [0, 0.1) is 0 Å². The number of aromatic nitrogens is 2. The van der Waals surface area contributed by atoms with Crippen LogP contribution in [0.1, 0.15) is 32.7 Å². The normalized spacial score (nSPS) is 11.3. The topological polar surface area (TPSA) is 49.3 Å². The smallest absolute Gasteiger partial charge is 0.355 e. The number of amides is 1. The second-order valence-corrected chi connectivity index (χ2v) is 9.81. The molecule has 0 spiro atoms. The molecular weight excluding hydrogens is 509 g/mol. The Kier molecular flexibility index (Phi) is 8.68. The summed E-state index contributed by atoms with van der Waals surface area (Å²) >= 11 is 1.12. The number of carbonyl (C=O) groups is 1. The Labute approximate surface area is 224 Å². The van der Waals surface area contributed by atoms with Gasteiger partial charge in [0.2, 0.25) is 0 Å². The van der Waals surface area contributed by atoms with Gasteiger partial charge in [-0.15, -0.1) is 0 Å². The fraction of sp³-hybridized carbons (Fsp3) is 0.207. The van der Waals surface area contributed by atoms with E-state index in [9.17, 15) is 18.0 Å². The summed E-state index contributed by atoms with van der Waals surface area (Å²) in [5, 5.41) is 0.0393. The molecule has 0 N–H and O–H groups in total. The lowest BCUT2D eigenvalue weighted by molar-refractivity contribution is -0.141. The molecule has 4 rings (SSSR count). The highest BCUT2D eigenvalue weighted by Gasteiger charge is 2.34. The van der Waals surface area contributed by atoms with Crippen molar-refractivity contribution in [3.05, 3.63) is 119 Å². The van der Waals surface area contributed by atoms with E-state index in [0.29, 0.717) is 24.4 Å². The molecule has 9 heteroatoms. The Balaban J connectivity index is 1.43. The van der Waals surface area contributed by atoms with Gasteiger partial charge >= 0.3 is 6.18 Å². The standard InChI is InChI=1S/C29H27F3N4OS/c1-35(18-21-9-5-3-6-10-21)26-17-25(29(30,31)32)33-28(34-26)38-20-23-13-15-24(16-14-23)27(37)36(2)19-22-11-7-4-8-12-22/h3-17H,18-20H2,1-2H3. The van der Waals surface area contributed by atoms with E-state index in [2.05, 4.69) is 9.97 Å². The molecule has 0 bridgehead atoms. The van der Waals surface area contributed by atoms with Gasteiger partial charge in [0.15, 0.2) is 10.9 Å². The molecule has 0 aliphatic heterocycles. The molecule has 4 aromatic rings. The number of benzene rings is 3. The van der Waals surface area contributed by atoms with Crippen LogP contribution in [0.2, 0.25) is 0 Å². The summed E-state index contributed by atoms with van der Waals surface area (Å²) in [6.07, 6.45) is -4.59. The lowest BCUT2D eigenvalue weighted by Crippen LogP contribution is -2.26. The van der Waals surface area contributed by atoms with Crippen LogP contribution in [0.25, 0.3) is 0 Å². The van der Waals surface area contributed by atoms with Gasteiger partial charge < -0.3 is 9.80 Å². The molecule has 5 nitrogen and oxygen atoms in total. The number of anilines is 1. The number of nitrogens with zero attached hydrogens (tertiary/aromatic N) is 4. The van der Waals surface area contributed by atoms with Crippen LogP contribution in [0.15, 0.2) is 96.2 Å². The molecular formula is C29H27F3N4OS. The predicted octanol–water partition coefficient (Wildman–Crippen LogP) is 6.70. The van der Waals surface area contributed by atoms with E-state index in [0.717, 1.165) is 34.5 Å². The number of hydrogen-bond donors (Lipinski definition) is 0. The Morgan fingerprint density at radius 2 is 1.37 bits per heavy atom. The van der Waals surface area contributed by atoms with Crippen LogP contribution >= 0.6 is 11.8 Å². The SMILES string of the molecule is CN(Cc1ccccc1)C(=O)c1ccc(CSc2nc(N(C)Cc3ccccc3)cc(C(F)(F)F)n2)cc1. The summed E-state index contributed by atoms with van der Waals surface area (Å²) in [5.41, 5.74) is 2.40. The fourth-order valence-corrected chi connectivity index (χ4v) is 4.61. The molecule has 3 aromatic carbocycles. The van der Waals surface area contributed by atoms with E-state index in [4.69, 9.17) is 0 Å². The van der Waals surface area contributed by atoms with E-state index in [1.165, 1.54) is 0 Å². The summed E-state index contributed by atoms with van der Waals surface area (Å²) in [5.74, 6) is 0.443. The van der Waals surface area contributed by atoms with Gasteiger partial charge in [-0.3, -0.25) is 4.79 Å². The number of carbonyl (C=O) groups excluding carboxylic acids is 1. The first-order valence-electron chi connectivity index (χ1n) is 11.9. The predicted molar refractivity (Wildman–Crippen MR) is 144 cm³/mol. The molecule has 0 saturated heterocycles. The molecule has 0 aliphatic rings. The molecule has 1 heterocycles. The Hall–Kier alpha value is -3.85. The number of hydrogen-bond acceptors (Lipinski definition) is 5. The largest absolute Gasteiger partial charge is 0.433 e. The maximum Gasteiger partial charge on any atom is 0.433 e. The van der Waals surface area contributed by atoms with Gasteiger partial charge in [0.1, 0.15) is 5.82 Å². The Bertz CT molecular complexity index is 1350. The number of alkyl halides is 3. The van der Waals surface area contributed by atoms with Crippen molar-refractivity contribution in [2.75, 3.05) is 19.0 Å². The maximum atomic E-state index is 13.6. The van der Waals surface area contributed by atoms with Crippen molar-refractivity contribution >= 4 is 23.5 Å². The molecule has 196 valence electrons. The monoisotopic (exact) mass is 536 g/mol. The highest BCUT2D eigenvalue weighted by molar-refractivity contribution is 7.98. The van der Waals surface area contributed by atoms with Gasteiger partial charge in [-0.1, -0.05) is 84.6 Å². The molecule has 0 fully saturated rings. The second-order valence-electron chi connectivity index (χ2n) is 8.87. The minimum atomic E-state index is -4.59. The molecule has 0 saturated carbocycles. The van der Waals surface area contributed by atoms with Crippen molar-refractivity contribution < 1.29 is 18.0 Å². The first-order chi connectivity index (χ1) is 18.2. The van der Waals surface area contributed by atoms with Crippen LogP contribution in [0.4, 0.5) is 19.0 Å². The van der Waals surface area contributed by atoms with Crippen LogP contribution in [0.3, 0.4) is 0 Å². The highest BCUT2D eigenvalue weighted by Crippen LogP contribution is 2.32. The minimum Gasteiger partial charge on any atom is -0.355 e. The maximum absolute atomic E-state index is 13.6. The summed E-state index contributed by atoms with van der Waals surface area (Å²) in [6, 6.07) is 27.2. The van der Waals surface area contributed by atoms with Crippen molar-refractivity contribution in [2.45, 2.75) is 30.2 Å². The van der Waals surface area contributed by atoms with Gasteiger partial charge in [-0.2, -0.15) is 13.2 Å². The van der Waals surface area contributed by atoms with E-state index >= 15 is 0 Å². The summed E-state index contributed by atoms with van der Waals surface area (Å²) < 4.78 is 40.7. The van der Waals surface area contributed by atoms with E-state index in [1.54, 1.807) is 48.2 Å². The van der Waals surface area contributed by atoms with Crippen LogP contribution in [-0.4, -0.2) is 34.9 Å². The zero-order valence-electron chi connectivity index (χ0n) is 21.0. The van der Waals surface area contributed by atoms with Crippen molar-refractivity contribution in [1.29, 1.82) is 0 Å². The Morgan fingerprint density at radius 1 is 0.789 bits per heavy atom. The molecule has 0 unspecified atom stereocenters. The van der Waals surface area contributed by atoms with Gasteiger partial charge in [0.05, 0.1) is 0 Å². The quantitative estimate of drug-likeness (QED) is 0.176. The van der Waals surface area contributed by atoms with Crippen molar-refractivity contribution in [3.8, 4) is 0 Å². The second kappa shape index (κ2) is 12.1. The molecule has 0 radical (unpaired) electrons. The molecule has 1 amide bonds. The molecule has 1 aromatic heterocycles. The van der Waals surface area contributed by atoms with Crippen molar-refractivity contribution in [3.63, 3.8) is 0 Å². The van der Waals surface area contributed by atoms with Gasteiger partial charge in [-0.25, -0.2) is 9.97 Å². The van der Waals surface area contributed by atoms with E-state index in [-0.39, 0.29) is 16.9 Å². The summed E-state index contributed by atoms with van der Waals surface area (Å²) in [6.45, 7) is 0.901. The van der Waals surface area contributed by atoms with E-state index in [1.807, 2.05) is 60.7 Å². The highest BCUT2D eigenvalue weighted by atomic mass is 32.2. The zero-order chi connectivity index (χ0) is 27.1. The van der Waals surface area contributed by atoms with Gasteiger partial charge in [-0.05, 0) is 28.8 Å². The number of rotatable bonds is 9. The van der Waals surface area contributed by atoms with Crippen molar-refractivity contribution in [2.24, 2.45) is 0 Å². The molecule has 0 atom stereocenters. The summed E-state index contributed by atoms with van der Waals surface area (Å²) in [7, 11) is 3.45. The van der Waals surface area contributed by atoms with E-state index < -0.39 is 11.9 Å². The third kappa shape index (κ3) is 7.35. The first-order valence-corrected chi connectivity index (χ1v) is 12.9. The summed E-state index contributed by atoms with van der Waals surface area (Å²) in [4.78, 5) is 24.2. The third-order valence-electron chi connectivity index (χ3n) is 5.81. The zero-order valence-corrected chi connectivity index (χ0v) is 21.8. The van der Waals surface area contributed by atoms with Crippen molar-refractivity contribution in [1.82, 2.24) is 14.9 Å². The Morgan fingerprint density at radius 3 is 1.95 bits per heavy atom. The van der Waals surface area contributed by atoms with Crippen LogP contribution < -0.4 is 4.90 Å². The number of halogens is 3. The third-order valence-corrected chi connectivity index (χ3v) is 6.73. The minimum absolute atomic E-state index is 0.0393.